The molecule has 1 atom stereocenters. The van der Waals surface area contributed by atoms with Crippen molar-refractivity contribution in [2.45, 2.75) is 26.3 Å². The van der Waals surface area contributed by atoms with E-state index in [2.05, 4.69) is 44.3 Å². The number of para-hydroxylation sites is 1. The van der Waals surface area contributed by atoms with Gasteiger partial charge in [-0.25, -0.2) is 5.43 Å². The average Bonchev–Trinajstić information content (AvgIpc) is 2.87. The lowest BCUT2D eigenvalue weighted by Crippen LogP contribution is -2.49. The van der Waals surface area contributed by atoms with Crippen molar-refractivity contribution < 1.29 is 14.6 Å². The molecule has 188 valence electrons. The lowest BCUT2D eigenvalue weighted by Gasteiger charge is -2.35. The van der Waals surface area contributed by atoms with Crippen LogP contribution in [0.1, 0.15) is 30.9 Å². The van der Waals surface area contributed by atoms with Crippen molar-refractivity contribution in [3.63, 3.8) is 0 Å². The number of anilines is 1. The number of carbonyl (C=O) groups excluding carboxylic acids is 1. The van der Waals surface area contributed by atoms with E-state index in [1.54, 1.807) is 19.4 Å². The van der Waals surface area contributed by atoms with Crippen LogP contribution in [0.2, 0.25) is 0 Å². The van der Waals surface area contributed by atoms with E-state index in [0.717, 1.165) is 50.4 Å². The van der Waals surface area contributed by atoms with Gasteiger partial charge in [0.25, 0.3) is 5.91 Å². The van der Waals surface area contributed by atoms with E-state index in [-0.39, 0.29) is 11.7 Å². The number of piperazine rings is 1. The lowest BCUT2D eigenvalue weighted by molar-refractivity contribution is -0.122. The lowest BCUT2D eigenvalue weighted by atomic mass is 9.99. The summed E-state index contributed by atoms with van der Waals surface area (Å²) in [4.78, 5) is 19.3. The largest absolute Gasteiger partial charge is 0.504 e. The van der Waals surface area contributed by atoms with Crippen molar-refractivity contribution in [1.29, 1.82) is 0 Å². The number of nitrogens with one attached hydrogen (secondary N) is 1. The predicted molar refractivity (Wildman–Crippen MR) is 139 cm³/mol. The van der Waals surface area contributed by atoms with Crippen molar-refractivity contribution in [3.05, 3.63) is 53.6 Å². The Balaban J connectivity index is 1.29. The van der Waals surface area contributed by atoms with Gasteiger partial charge in [0.2, 0.25) is 0 Å². The van der Waals surface area contributed by atoms with Gasteiger partial charge in [-0.15, -0.1) is 0 Å². The van der Waals surface area contributed by atoms with Gasteiger partial charge in [-0.3, -0.25) is 14.6 Å². The highest BCUT2D eigenvalue weighted by atomic mass is 16.5. The first-order valence-electron chi connectivity index (χ1n) is 12.5. The van der Waals surface area contributed by atoms with Crippen LogP contribution in [0.25, 0.3) is 0 Å². The van der Waals surface area contributed by atoms with Gasteiger partial charge in [0.05, 0.1) is 19.9 Å². The van der Waals surface area contributed by atoms with Crippen LogP contribution in [0.15, 0.2) is 47.6 Å². The monoisotopic (exact) mass is 479 g/mol. The SMILES string of the molecule is COc1cc(C=NNC(=O)CN2CCN(c3ccccc3)CC2)cc(CN2CCCC(C)C2)c1O. The van der Waals surface area contributed by atoms with Crippen molar-refractivity contribution in [2.24, 2.45) is 11.0 Å². The fraction of sp³-hybridized carbons (Fsp3) is 0.481. The van der Waals surface area contributed by atoms with E-state index < -0.39 is 0 Å². The Morgan fingerprint density at radius 3 is 2.63 bits per heavy atom. The summed E-state index contributed by atoms with van der Waals surface area (Å²) in [7, 11) is 1.54. The van der Waals surface area contributed by atoms with Crippen LogP contribution in [0.4, 0.5) is 5.69 Å². The molecule has 2 fully saturated rings. The number of piperidine rings is 1. The van der Waals surface area contributed by atoms with Crippen LogP contribution in [-0.2, 0) is 11.3 Å². The highest BCUT2D eigenvalue weighted by molar-refractivity contribution is 5.84. The van der Waals surface area contributed by atoms with Crippen LogP contribution < -0.4 is 15.1 Å². The molecule has 2 aliphatic heterocycles. The van der Waals surface area contributed by atoms with Crippen molar-refractivity contribution in [2.75, 3.05) is 57.8 Å². The number of aromatic hydroxyl groups is 1. The molecule has 8 nitrogen and oxygen atoms in total. The second-order valence-corrected chi connectivity index (χ2v) is 9.61. The highest BCUT2D eigenvalue weighted by Crippen LogP contribution is 2.32. The van der Waals surface area contributed by atoms with Gasteiger partial charge in [0.15, 0.2) is 11.5 Å². The Bertz CT molecular complexity index is 1010. The topological polar surface area (TPSA) is 80.6 Å². The van der Waals surface area contributed by atoms with Gasteiger partial charge in [-0.1, -0.05) is 25.1 Å². The first-order valence-corrected chi connectivity index (χ1v) is 12.5. The summed E-state index contributed by atoms with van der Waals surface area (Å²) < 4.78 is 5.38. The zero-order valence-corrected chi connectivity index (χ0v) is 20.8. The molecule has 8 heteroatoms. The standard InChI is InChI=1S/C27H37N5O3/c1-21-7-6-10-31(18-21)19-23-15-22(16-25(35-2)27(23)34)17-28-29-26(33)20-30-11-13-32(14-12-30)24-8-4-3-5-9-24/h3-5,8-9,15-17,21,34H,6-7,10-14,18-20H2,1-2H3,(H,29,33). The number of methoxy groups -OCH3 is 1. The molecule has 35 heavy (non-hydrogen) atoms. The fourth-order valence-corrected chi connectivity index (χ4v) is 4.93. The van der Waals surface area contributed by atoms with E-state index >= 15 is 0 Å². The Morgan fingerprint density at radius 2 is 1.91 bits per heavy atom. The van der Waals surface area contributed by atoms with Crippen LogP contribution in [0, 0.1) is 5.92 Å². The molecule has 0 aliphatic carbocycles. The van der Waals surface area contributed by atoms with E-state index in [1.165, 1.54) is 18.5 Å². The summed E-state index contributed by atoms with van der Waals surface area (Å²) in [6.07, 6.45) is 4.03. The molecule has 0 aromatic heterocycles. The number of nitrogens with zero attached hydrogens (tertiary/aromatic N) is 4. The molecule has 0 spiro atoms. The molecule has 2 aliphatic rings. The molecular weight excluding hydrogens is 442 g/mol. The normalized spacial score (nSPS) is 19.7. The number of hydrazone groups is 1. The zero-order valence-electron chi connectivity index (χ0n) is 20.8. The summed E-state index contributed by atoms with van der Waals surface area (Å²) in [6.45, 7) is 8.75. The maximum atomic E-state index is 12.4. The van der Waals surface area contributed by atoms with Gasteiger partial charge in [-0.2, -0.15) is 5.10 Å². The molecule has 1 amide bonds. The Hall–Kier alpha value is -3.10. The van der Waals surface area contributed by atoms with Crippen molar-refractivity contribution >= 4 is 17.8 Å². The van der Waals surface area contributed by atoms with Crippen molar-refractivity contribution in [1.82, 2.24) is 15.2 Å². The molecule has 2 aromatic carbocycles. The maximum Gasteiger partial charge on any atom is 0.254 e. The first-order chi connectivity index (χ1) is 17.0. The number of benzene rings is 2. The Morgan fingerprint density at radius 1 is 1.14 bits per heavy atom. The number of carbonyl (C=O) groups is 1. The second kappa shape index (κ2) is 12.0. The molecule has 2 N–H and O–H groups in total. The number of likely N-dealkylation sites (tertiary alicyclic amines) is 1. The molecule has 1 unspecified atom stereocenters. The second-order valence-electron chi connectivity index (χ2n) is 9.61. The number of amides is 1. The molecule has 0 saturated carbocycles. The smallest absolute Gasteiger partial charge is 0.254 e. The molecule has 0 radical (unpaired) electrons. The molecule has 2 aromatic rings. The predicted octanol–water partition coefficient (Wildman–Crippen LogP) is 2.91. The van der Waals surface area contributed by atoms with Crippen LogP contribution in [-0.4, -0.2) is 80.0 Å². The number of hydrogen-bond donors (Lipinski definition) is 2. The minimum Gasteiger partial charge on any atom is -0.504 e. The summed E-state index contributed by atoms with van der Waals surface area (Å²) >= 11 is 0. The van der Waals surface area contributed by atoms with Gasteiger partial charge in [-0.05, 0) is 55.1 Å². The molecule has 4 rings (SSSR count). The van der Waals surface area contributed by atoms with E-state index in [1.807, 2.05) is 24.3 Å². The third-order valence-corrected chi connectivity index (χ3v) is 6.79. The van der Waals surface area contributed by atoms with Crippen LogP contribution in [0.5, 0.6) is 11.5 Å². The van der Waals surface area contributed by atoms with Crippen LogP contribution in [0.3, 0.4) is 0 Å². The van der Waals surface area contributed by atoms with Gasteiger partial charge < -0.3 is 14.7 Å². The maximum absolute atomic E-state index is 12.4. The fourth-order valence-electron chi connectivity index (χ4n) is 4.93. The number of hydrogen-bond acceptors (Lipinski definition) is 7. The summed E-state index contributed by atoms with van der Waals surface area (Å²) in [6, 6.07) is 14.0. The van der Waals surface area contributed by atoms with Gasteiger partial charge in [0.1, 0.15) is 0 Å². The molecule has 2 saturated heterocycles. The van der Waals surface area contributed by atoms with Gasteiger partial charge >= 0.3 is 0 Å². The number of phenols is 1. The first kappa shape index (κ1) is 25.0. The molecule has 2 heterocycles. The minimum absolute atomic E-state index is 0.136. The number of phenolic OH excluding ortho intramolecular Hbond substituents is 1. The summed E-state index contributed by atoms with van der Waals surface area (Å²) in [5.74, 6) is 1.11. The average molecular weight is 480 g/mol. The Labute approximate surface area is 208 Å². The van der Waals surface area contributed by atoms with Crippen molar-refractivity contribution in [3.8, 4) is 11.5 Å². The van der Waals surface area contributed by atoms with E-state index in [9.17, 15) is 9.90 Å². The zero-order chi connectivity index (χ0) is 24.6. The highest BCUT2D eigenvalue weighted by Gasteiger charge is 2.20. The summed E-state index contributed by atoms with van der Waals surface area (Å²) in [5.41, 5.74) is 5.45. The molecular formula is C27H37N5O3. The minimum atomic E-state index is -0.136. The van der Waals surface area contributed by atoms with E-state index in [0.29, 0.717) is 24.8 Å². The third-order valence-electron chi connectivity index (χ3n) is 6.79. The number of ether oxygens (including phenoxy) is 1. The Kier molecular flexibility index (Phi) is 8.60. The molecule has 0 bridgehead atoms. The quantitative estimate of drug-likeness (QED) is 0.448. The number of rotatable bonds is 8. The van der Waals surface area contributed by atoms with E-state index in [4.69, 9.17) is 4.74 Å². The van der Waals surface area contributed by atoms with Gasteiger partial charge in [0, 0.05) is 50.5 Å². The summed E-state index contributed by atoms with van der Waals surface area (Å²) in [5, 5.41) is 14.8. The third kappa shape index (κ3) is 6.96. The van der Waals surface area contributed by atoms with Crippen LogP contribution >= 0.6 is 0 Å².